The van der Waals surface area contributed by atoms with Crippen LogP contribution in [-0.2, 0) is 0 Å². The van der Waals surface area contributed by atoms with Gasteiger partial charge in [0.05, 0.1) is 16.3 Å². The smallest absolute Gasteiger partial charge is 0.274 e. The minimum absolute atomic E-state index is 0.0650. The summed E-state index contributed by atoms with van der Waals surface area (Å²) in [6.45, 7) is 7.42. The number of fused-ring (bicyclic) bond motifs is 1. The van der Waals surface area contributed by atoms with Gasteiger partial charge >= 0.3 is 0 Å². The monoisotopic (exact) mass is 410 g/mol. The Bertz CT molecular complexity index is 989. The maximum Gasteiger partial charge on any atom is 0.274 e. The van der Waals surface area contributed by atoms with E-state index in [-0.39, 0.29) is 18.1 Å². The van der Waals surface area contributed by atoms with Crippen molar-refractivity contribution in [2.75, 3.05) is 13.1 Å². The number of piperidine rings is 1. The predicted octanol–water partition coefficient (Wildman–Crippen LogP) is 5.08. The molecule has 1 aliphatic heterocycles. The van der Waals surface area contributed by atoms with Crippen LogP contribution < -0.4 is 9.47 Å². The number of hydrogen-bond acceptors (Lipinski definition) is 5. The van der Waals surface area contributed by atoms with Crippen molar-refractivity contribution in [3.8, 4) is 10.9 Å². The van der Waals surface area contributed by atoms with Gasteiger partial charge in [-0.15, -0.1) is 0 Å². The maximum atomic E-state index is 12.8. The zero-order chi connectivity index (χ0) is 20.4. The van der Waals surface area contributed by atoms with Crippen LogP contribution in [0.5, 0.6) is 10.9 Å². The van der Waals surface area contributed by atoms with Crippen molar-refractivity contribution in [3.63, 3.8) is 0 Å². The highest BCUT2D eigenvalue weighted by molar-refractivity contribution is 7.20. The molecule has 29 heavy (non-hydrogen) atoms. The molecule has 0 radical (unpaired) electrons. The summed E-state index contributed by atoms with van der Waals surface area (Å²) < 4.78 is 12.9. The Morgan fingerprint density at radius 1 is 1.14 bits per heavy atom. The molecule has 0 spiro atoms. The largest absolute Gasteiger partial charge is 0.491 e. The van der Waals surface area contributed by atoms with Gasteiger partial charge in [0, 0.05) is 31.5 Å². The summed E-state index contributed by atoms with van der Waals surface area (Å²) in [4.78, 5) is 19.3. The Morgan fingerprint density at radius 2 is 1.86 bits per heavy atom. The van der Waals surface area contributed by atoms with Gasteiger partial charge in [0.1, 0.15) is 11.9 Å². The zero-order valence-electron chi connectivity index (χ0n) is 17.1. The van der Waals surface area contributed by atoms with E-state index in [2.05, 4.69) is 24.0 Å². The molecule has 152 valence electrons. The van der Waals surface area contributed by atoms with E-state index in [0.717, 1.165) is 34.0 Å². The molecule has 0 atom stereocenters. The number of ether oxygens (including phenoxy) is 2. The number of hydrogen-bond donors (Lipinski definition) is 0. The van der Waals surface area contributed by atoms with Gasteiger partial charge in [-0.05, 0) is 56.7 Å². The molecule has 0 bridgehead atoms. The summed E-state index contributed by atoms with van der Waals surface area (Å²) >= 11 is 1.59. The van der Waals surface area contributed by atoms with Gasteiger partial charge in [-0.2, -0.15) is 0 Å². The number of carbonyl (C=O) groups excluding carboxylic acids is 1. The standard InChI is InChI=1S/C23H26N2O3S/c1-15(2)27-18-9-7-17(8-10-18)22(26)25-13-11-19(12-14-25)28-23-24-21-16(3)5-4-6-20(21)29-23/h4-10,15,19H,11-14H2,1-3H3. The average Bonchev–Trinajstić information content (AvgIpc) is 3.12. The predicted molar refractivity (Wildman–Crippen MR) is 116 cm³/mol. The topological polar surface area (TPSA) is 51.7 Å². The molecule has 0 N–H and O–H groups in total. The van der Waals surface area contributed by atoms with Crippen LogP contribution >= 0.6 is 11.3 Å². The first-order chi connectivity index (χ1) is 14.0. The second-order valence-corrected chi connectivity index (χ2v) is 8.70. The van der Waals surface area contributed by atoms with Crippen LogP contribution in [-0.4, -0.2) is 41.1 Å². The summed E-state index contributed by atoms with van der Waals surface area (Å²) in [5.41, 5.74) is 2.88. The van der Waals surface area contributed by atoms with E-state index in [1.54, 1.807) is 11.3 Å². The van der Waals surface area contributed by atoms with Gasteiger partial charge in [0.25, 0.3) is 11.1 Å². The summed E-state index contributed by atoms with van der Waals surface area (Å²) in [5.74, 6) is 0.852. The molecule has 1 amide bonds. The molecular formula is C23H26N2O3S. The van der Waals surface area contributed by atoms with Gasteiger partial charge < -0.3 is 14.4 Å². The van der Waals surface area contributed by atoms with Crippen LogP contribution in [0.2, 0.25) is 0 Å². The van der Waals surface area contributed by atoms with Crippen LogP contribution in [0.4, 0.5) is 0 Å². The Morgan fingerprint density at radius 3 is 2.52 bits per heavy atom. The normalized spacial score (nSPS) is 15.1. The fourth-order valence-electron chi connectivity index (χ4n) is 3.57. The third-order valence-electron chi connectivity index (χ3n) is 5.07. The summed E-state index contributed by atoms with van der Waals surface area (Å²) in [5, 5.41) is 0.722. The van der Waals surface area contributed by atoms with Crippen LogP contribution in [0.1, 0.15) is 42.6 Å². The molecule has 2 aromatic carbocycles. The molecular weight excluding hydrogens is 384 g/mol. The van der Waals surface area contributed by atoms with E-state index in [4.69, 9.17) is 9.47 Å². The molecule has 0 aliphatic carbocycles. The average molecular weight is 411 g/mol. The minimum Gasteiger partial charge on any atom is -0.491 e. The third kappa shape index (κ3) is 4.53. The highest BCUT2D eigenvalue weighted by Crippen LogP contribution is 2.31. The van der Waals surface area contributed by atoms with Crippen molar-refractivity contribution in [2.45, 2.75) is 45.8 Å². The molecule has 1 fully saturated rings. The van der Waals surface area contributed by atoms with Gasteiger partial charge in [-0.25, -0.2) is 4.98 Å². The second-order valence-electron chi connectivity index (χ2n) is 7.70. The van der Waals surface area contributed by atoms with Crippen molar-refractivity contribution >= 4 is 27.5 Å². The van der Waals surface area contributed by atoms with E-state index in [0.29, 0.717) is 18.7 Å². The lowest BCUT2D eigenvalue weighted by molar-refractivity contribution is 0.0595. The van der Waals surface area contributed by atoms with E-state index in [1.807, 2.05) is 49.1 Å². The van der Waals surface area contributed by atoms with E-state index >= 15 is 0 Å². The van der Waals surface area contributed by atoms with Crippen LogP contribution in [0.3, 0.4) is 0 Å². The highest BCUT2D eigenvalue weighted by Gasteiger charge is 2.25. The number of carbonyl (C=O) groups is 1. The molecule has 1 aromatic heterocycles. The quantitative estimate of drug-likeness (QED) is 0.589. The van der Waals surface area contributed by atoms with Gasteiger partial charge in [0.2, 0.25) is 0 Å². The fourth-order valence-corrected chi connectivity index (χ4v) is 4.53. The van der Waals surface area contributed by atoms with E-state index < -0.39 is 0 Å². The lowest BCUT2D eigenvalue weighted by Gasteiger charge is -2.31. The van der Waals surface area contributed by atoms with Gasteiger partial charge in [-0.1, -0.05) is 23.5 Å². The van der Waals surface area contributed by atoms with E-state index in [9.17, 15) is 4.79 Å². The lowest BCUT2D eigenvalue weighted by Crippen LogP contribution is -2.41. The van der Waals surface area contributed by atoms with E-state index in [1.165, 1.54) is 5.56 Å². The number of thiazole rings is 1. The molecule has 0 saturated carbocycles. The molecule has 1 aliphatic rings. The lowest BCUT2D eigenvalue weighted by atomic mass is 10.1. The van der Waals surface area contributed by atoms with Crippen LogP contribution in [0, 0.1) is 6.92 Å². The molecule has 2 heterocycles. The maximum absolute atomic E-state index is 12.8. The fraction of sp³-hybridized carbons (Fsp3) is 0.391. The molecule has 1 saturated heterocycles. The summed E-state index contributed by atoms with van der Waals surface area (Å²) in [6, 6.07) is 13.6. The Kier molecular flexibility index (Phi) is 5.72. The first-order valence-electron chi connectivity index (χ1n) is 10.1. The zero-order valence-corrected chi connectivity index (χ0v) is 17.9. The number of aromatic nitrogens is 1. The number of aryl methyl sites for hydroxylation is 1. The molecule has 5 nitrogen and oxygen atoms in total. The number of rotatable bonds is 5. The molecule has 4 rings (SSSR count). The number of para-hydroxylation sites is 1. The number of amides is 1. The van der Waals surface area contributed by atoms with Crippen LogP contribution in [0.15, 0.2) is 42.5 Å². The van der Waals surface area contributed by atoms with Crippen LogP contribution in [0.25, 0.3) is 10.2 Å². The third-order valence-corrected chi connectivity index (χ3v) is 5.98. The van der Waals surface area contributed by atoms with Gasteiger partial charge in [0.15, 0.2) is 0 Å². The summed E-state index contributed by atoms with van der Waals surface area (Å²) in [6.07, 6.45) is 1.85. The van der Waals surface area contributed by atoms with Crippen molar-refractivity contribution < 1.29 is 14.3 Å². The number of likely N-dealkylation sites (tertiary alicyclic amines) is 1. The Hall–Kier alpha value is -2.60. The Balaban J connectivity index is 1.33. The van der Waals surface area contributed by atoms with Crippen molar-refractivity contribution in [1.29, 1.82) is 0 Å². The van der Waals surface area contributed by atoms with Crippen molar-refractivity contribution in [2.24, 2.45) is 0 Å². The molecule has 6 heteroatoms. The van der Waals surface area contributed by atoms with Crippen molar-refractivity contribution in [3.05, 3.63) is 53.6 Å². The minimum atomic E-state index is 0.0650. The first kappa shape index (κ1) is 19.7. The van der Waals surface area contributed by atoms with Crippen molar-refractivity contribution in [1.82, 2.24) is 9.88 Å². The number of nitrogens with zero attached hydrogens (tertiary/aromatic N) is 2. The molecule has 3 aromatic rings. The summed E-state index contributed by atoms with van der Waals surface area (Å²) in [7, 11) is 0. The molecule has 0 unspecified atom stereocenters. The number of benzene rings is 2. The first-order valence-corrected chi connectivity index (χ1v) is 10.9. The second kappa shape index (κ2) is 8.41. The SMILES string of the molecule is Cc1cccc2sc(OC3CCN(C(=O)c4ccc(OC(C)C)cc4)CC3)nc12. The Labute approximate surface area is 175 Å². The van der Waals surface area contributed by atoms with Gasteiger partial charge in [-0.3, -0.25) is 4.79 Å². The highest BCUT2D eigenvalue weighted by atomic mass is 32.1.